The van der Waals surface area contributed by atoms with Gasteiger partial charge in [-0.2, -0.15) is 0 Å². The Labute approximate surface area is 402 Å². The maximum Gasteiger partial charge on any atom is 0.407 e. The first-order valence-electron chi connectivity index (χ1n) is 23.6. The van der Waals surface area contributed by atoms with Crippen LogP contribution in [0.1, 0.15) is 99.5 Å². The second-order valence-corrected chi connectivity index (χ2v) is 20.0. The summed E-state index contributed by atoms with van der Waals surface area (Å²) in [6.45, 7) is 9.20. The number of benzene rings is 2. The number of thiophene rings is 1. The molecule has 4 N–H and O–H groups in total. The summed E-state index contributed by atoms with van der Waals surface area (Å²) < 4.78 is 41.6. The van der Waals surface area contributed by atoms with E-state index in [9.17, 15) is 19.2 Å². The van der Waals surface area contributed by atoms with Crippen molar-refractivity contribution >= 4 is 46.2 Å². The molecule has 2 saturated heterocycles. The second-order valence-electron chi connectivity index (χ2n) is 18.8. The largest absolute Gasteiger partial charge is 0.492 e. The summed E-state index contributed by atoms with van der Waals surface area (Å²) in [5.41, 5.74) is 4.55. The Kier molecular flexibility index (Phi) is 12.3. The van der Waals surface area contributed by atoms with Gasteiger partial charge in [-0.05, 0) is 80.7 Å². The van der Waals surface area contributed by atoms with Crippen LogP contribution >= 0.6 is 11.3 Å². The molecule has 4 amide bonds. The number of carbonyl (C=O) groups is 4. The van der Waals surface area contributed by atoms with Gasteiger partial charge in [-0.3, -0.25) is 14.2 Å². The smallest absolute Gasteiger partial charge is 0.407 e. The van der Waals surface area contributed by atoms with Crippen LogP contribution in [0.4, 0.5) is 14.0 Å². The summed E-state index contributed by atoms with van der Waals surface area (Å²) in [7, 11) is 2.54. The van der Waals surface area contributed by atoms with E-state index in [4.69, 9.17) is 28.9 Å². The molecule has 4 aliphatic rings. The van der Waals surface area contributed by atoms with Crippen LogP contribution in [0.5, 0.6) is 11.5 Å². The fraction of sp³-hybridized carbons (Fsp3) is 0.440. The van der Waals surface area contributed by atoms with Crippen molar-refractivity contribution in [2.45, 2.75) is 96.6 Å². The predicted octanol–water partition coefficient (Wildman–Crippen LogP) is 8.64. The third-order valence-corrected chi connectivity index (χ3v) is 15.0. The standard InChI is InChI=1S/C50H56FN9O8S/c1-25(2)42(56-49(63)65-5)46(61)58-15-7-10-34(58)44-52-23-31(54-44)27-13-14-33-29(18-27)20-36-41-30(51)19-28(21-38(41)68-48(60(33)36)40-22-37-39(69-40)12-9-17-67-37)32-24-53-45(55-32)35-11-8-16-59(35)47(62)43(26(3)4)57-50(64)66-6/h13-14,18-26,34-35,42-43,48H,7-12,15-17H2,1-6H3,(H,52,54)(H,53,55)(H,56,63)(H,57,64)/t34-,35-,42+,43-,48?/m0/s1. The van der Waals surface area contributed by atoms with Crippen molar-refractivity contribution in [1.29, 1.82) is 0 Å². The molecule has 0 radical (unpaired) electrons. The number of imidazole rings is 2. The number of alkyl carbamates (subject to hydrolysis) is 2. The highest BCUT2D eigenvalue weighted by Crippen LogP contribution is 2.50. The molecular weight excluding hydrogens is 906 g/mol. The molecule has 69 heavy (non-hydrogen) atoms. The normalized spacial score (nSPS) is 19.4. The fourth-order valence-corrected chi connectivity index (χ4v) is 11.4. The molecule has 1 unspecified atom stereocenters. The minimum atomic E-state index is -0.775. The third kappa shape index (κ3) is 8.43. The molecular formula is C50H56FN9O8S. The van der Waals surface area contributed by atoms with E-state index in [2.05, 4.69) is 25.2 Å². The van der Waals surface area contributed by atoms with Crippen molar-refractivity contribution in [1.82, 2.24) is 44.9 Å². The van der Waals surface area contributed by atoms with Crippen molar-refractivity contribution in [2.24, 2.45) is 11.8 Å². The first-order valence-corrected chi connectivity index (χ1v) is 24.4. The van der Waals surface area contributed by atoms with E-state index >= 15 is 4.39 Å². The third-order valence-electron chi connectivity index (χ3n) is 13.8. The van der Waals surface area contributed by atoms with Crippen LogP contribution in [0.2, 0.25) is 0 Å². The van der Waals surface area contributed by atoms with Crippen molar-refractivity contribution in [3.8, 4) is 45.3 Å². The minimum Gasteiger partial charge on any atom is -0.492 e. The first-order chi connectivity index (χ1) is 33.3. The van der Waals surface area contributed by atoms with Gasteiger partial charge in [-0.15, -0.1) is 11.3 Å². The first kappa shape index (κ1) is 45.9. The number of likely N-dealkylation sites (tertiary alicyclic amines) is 2. The lowest BCUT2D eigenvalue weighted by molar-refractivity contribution is -0.136. The van der Waals surface area contributed by atoms with Gasteiger partial charge in [0, 0.05) is 40.5 Å². The molecule has 0 bridgehead atoms. The second kappa shape index (κ2) is 18.5. The van der Waals surface area contributed by atoms with E-state index in [0.717, 1.165) is 69.8 Å². The highest BCUT2D eigenvalue weighted by Gasteiger charge is 2.40. The number of H-pyrrole nitrogens is 2. The molecule has 4 aromatic heterocycles. The van der Waals surface area contributed by atoms with Crippen LogP contribution in [0.3, 0.4) is 0 Å². The lowest BCUT2D eigenvalue weighted by Gasteiger charge is -2.30. The number of aromatic nitrogens is 5. The molecule has 19 heteroatoms. The number of amides is 4. The number of methoxy groups -OCH3 is 2. The number of ether oxygens (including phenoxy) is 4. The topological polar surface area (TPSA) is 198 Å². The summed E-state index contributed by atoms with van der Waals surface area (Å²) in [6.07, 6.45) is 6.23. The summed E-state index contributed by atoms with van der Waals surface area (Å²) in [6, 6.07) is 11.2. The predicted molar refractivity (Wildman–Crippen MR) is 255 cm³/mol. The van der Waals surface area contributed by atoms with E-state index in [1.54, 1.807) is 33.5 Å². The zero-order chi connectivity index (χ0) is 48.2. The molecule has 5 atom stereocenters. The van der Waals surface area contributed by atoms with E-state index in [1.807, 2.05) is 64.1 Å². The molecule has 17 nitrogen and oxygen atoms in total. The number of hydrogen-bond donors (Lipinski definition) is 4. The van der Waals surface area contributed by atoms with E-state index in [-0.39, 0.29) is 35.7 Å². The molecule has 0 saturated carbocycles. The Balaban J connectivity index is 0.974. The molecule has 362 valence electrons. The van der Waals surface area contributed by atoms with Gasteiger partial charge in [0.05, 0.1) is 78.3 Å². The number of halogens is 1. The van der Waals surface area contributed by atoms with Gasteiger partial charge in [-0.1, -0.05) is 33.8 Å². The summed E-state index contributed by atoms with van der Waals surface area (Å²) in [4.78, 5) is 73.9. The fourth-order valence-electron chi connectivity index (χ4n) is 10.2. The Morgan fingerprint density at radius 3 is 1.97 bits per heavy atom. The molecule has 8 heterocycles. The Hall–Kier alpha value is -6.89. The maximum absolute atomic E-state index is 17.0. The highest BCUT2D eigenvalue weighted by molar-refractivity contribution is 7.12. The van der Waals surface area contributed by atoms with Crippen molar-refractivity contribution in [3.05, 3.63) is 82.1 Å². The Morgan fingerprint density at radius 1 is 0.783 bits per heavy atom. The van der Waals surface area contributed by atoms with Gasteiger partial charge < -0.3 is 49.3 Å². The number of carbonyl (C=O) groups excluding carboxylic acids is 4. The summed E-state index contributed by atoms with van der Waals surface area (Å²) >= 11 is 1.64. The number of rotatable bonds is 11. The van der Waals surface area contributed by atoms with Crippen LogP contribution in [-0.4, -0.2) is 104 Å². The number of nitrogens with zero attached hydrogens (tertiary/aromatic N) is 5. The van der Waals surface area contributed by atoms with Gasteiger partial charge in [0.1, 0.15) is 41.0 Å². The van der Waals surface area contributed by atoms with Crippen molar-refractivity contribution in [3.63, 3.8) is 0 Å². The molecule has 10 rings (SSSR count). The molecule has 2 fully saturated rings. The van der Waals surface area contributed by atoms with Crippen molar-refractivity contribution in [2.75, 3.05) is 33.9 Å². The summed E-state index contributed by atoms with van der Waals surface area (Å²) in [5, 5.41) is 6.26. The average molecular weight is 962 g/mol. The van der Waals surface area contributed by atoms with Crippen LogP contribution in [0.15, 0.2) is 54.9 Å². The molecule has 4 aliphatic heterocycles. The average Bonchev–Trinajstić information content (AvgIpc) is 4.21. The van der Waals surface area contributed by atoms with E-state index < -0.39 is 36.3 Å². The van der Waals surface area contributed by atoms with E-state index in [1.165, 1.54) is 20.3 Å². The van der Waals surface area contributed by atoms with Crippen LogP contribution in [0, 0.1) is 17.7 Å². The van der Waals surface area contributed by atoms with Gasteiger partial charge in [0.2, 0.25) is 18.0 Å². The lowest BCUT2D eigenvalue weighted by atomic mass is 10.0. The monoisotopic (exact) mass is 961 g/mol. The molecule has 0 spiro atoms. The van der Waals surface area contributed by atoms with Gasteiger partial charge in [0.15, 0.2) is 0 Å². The van der Waals surface area contributed by atoms with Crippen molar-refractivity contribution < 1.29 is 42.5 Å². The molecule has 2 aromatic carbocycles. The number of fused-ring (bicyclic) bond motifs is 6. The minimum absolute atomic E-state index is 0.155. The van der Waals surface area contributed by atoms with Crippen LogP contribution in [0.25, 0.3) is 44.7 Å². The van der Waals surface area contributed by atoms with Gasteiger partial charge in [0.25, 0.3) is 0 Å². The van der Waals surface area contributed by atoms with Gasteiger partial charge in [-0.25, -0.2) is 23.9 Å². The zero-order valence-electron chi connectivity index (χ0n) is 39.4. The highest BCUT2D eigenvalue weighted by atomic mass is 32.1. The molecule has 0 aliphatic carbocycles. The Bertz CT molecular complexity index is 2930. The van der Waals surface area contributed by atoms with E-state index in [0.29, 0.717) is 66.0 Å². The lowest BCUT2D eigenvalue weighted by Crippen LogP contribution is -2.51. The quantitative estimate of drug-likeness (QED) is 0.0975. The molecule has 6 aromatic rings. The maximum atomic E-state index is 17.0. The zero-order valence-corrected chi connectivity index (χ0v) is 40.2. The Morgan fingerprint density at radius 2 is 1.39 bits per heavy atom. The van der Waals surface area contributed by atoms with Crippen LogP contribution in [-0.2, 0) is 25.5 Å². The SMILES string of the molecule is COC(=O)N[C@H](C(=O)N1CCC[C@H]1c1ncc(-c2cc(F)c3c(c2)OC(c2cc4c(s2)CCCO4)n2c-3cc3cc(-c4cnc([C@@H]5CCCN5C(=O)[C@H](NC(=O)OC)C(C)C)[nH]4)ccc32)[nH]1)C(C)C. The van der Waals surface area contributed by atoms with Gasteiger partial charge >= 0.3 is 12.2 Å². The number of aryl methyl sites for hydroxylation is 1. The van der Waals surface area contributed by atoms with Crippen LogP contribution < -0.4 is 20.1 Å². The number of nitrogens with one attached hydrogen (secondary N) is 4. The summed E-state index contributed by atoms with van der Waals surface area (Å²) in [5.74, 6) is 1.23. The number of hydrogen-bond acceptors (Lipinski definition) is 11. The number of aromatic amines is 2.